The zero-order chi connectivity index (χ0) is 13.6. The molecule has 1 fully saturated rings. The van der Waals surface area contributed by atoms with Crippen molar-refractivity contribution in [3.05, 3.63) is 23.0 Å². The molecule has 0 aromatic heterocycles. The summed E-state index contributed by atoms with van der Waals surface area (Å²) >= 11 is 0. The van der Waals surface area contributed by atoms with Crippen molar-refractivity contribution >= 4 is 8.32 Å². The highest BCUT2D eigenvalue weighted by Crippen LogP contribution is 2.44. The highest BCUT2D eigenvalue weighted by Gasteiger charge is 2.40. The Morgan fingerprint density at radius 2 is 1.89 bits per heavy atom. The predicted octanol–water partition coefficient (Wildman–Crippen LogP) is 5.41. The maximum Gasteiger partial charge on any atom is 0.250 e. The third kappa shape index (κ3) is 2.45. The average Bonchev–Trinajstić information content (AvgIpc) is 2.54. The van der Waals surface area contributed by atoms with Crippen LogP contribution in [0.1, 0.15) is 53.4 Å². The lowest BCUT2D eigenvalue weighted by Gasteiger charge is -2.37. The number of fused-ring (bicyclic) bond motifs is 1. The van der Waals surface area contributed by atoms with Crippen LogP contribution in [-0.4, -0.2) is 8.32 Å². The van der Waals surface area contributed by atoms with Gasteiger partial charge in [0.25, 0.3) is 0 Å². The monoisotopic (exact) mass is 264 g/mol. The van der Waals surface area contributed by atoms with Crippen LogP contribution in [0.15, 0.2) is 23.0 Å². The minimum Gasteiger partial charge on any atom is -0.544 e. The lowest BCUT2D eigenvalue weighted by atomic mass is 9.85. The lowest BCUT2D eigenvalue weighted by molar-refractivity contribution is 0.393. The second-order valence-electron chi connectivity index (χ2n) is 7.40. The highest BCUT2D eigenvalue weighted by atomic mass is 28.4. The van der Waals surface area contributed by atoms with Crippen LogP contribution in [0.5, 0.6) is 0 Å². The number of hydrogen-bond donors (Lipinski definition) is 0. The first-order chi connectivity index (χ1) is 8.22. The van der Waals surface area contributed by atoms with Crippen LogP contribution in [0, 0.1) is 5.92 Å². The molecule has 102 valence electrons. The van der Waals surface area contributed by atoms with Crippen molar-refractivity contribution in [2.45, 2.75) is 71.5 Å². The Bertz CT molecular complexity index is 396. The van der Waals surface area contributed by atoms with E-state index in [9.17, 15) is 0 Å². The molecule has 0 amide bonds. The summed E-state index contributed by atoms with van der Waals surface area (Å²) in [7, 11) is -1.68. The predicted molar refractivity (Wildman–Crippen MR) is 81.0 cm³/mol. The molecule has 0 heterocycles. The maximum atomic E-state index is 6.51. The summed E-state index contributed by atoms with van der Waals surface area (Å²) in [5.74, 6) is 1.90. The summed E-state index contributed by atoms with van der Waals surface area (Å²) < 4.78 is 6.51. The Morgan fingerprint density at radius 1 is 1.22 bits per heavy atom. The van der Waals surface area contributed by atoms with E-state index < -0.39 is 8.32 Å². The van der Waals surface area contributed by atoms with Gasteiger partial charge in [-0.25, -0.2) is 0 Å². The molecule has 0 radical (unpaired) electrons. The van der Waals surface area contributed by atoms with Gasteiger partial charge in [0.05, 0.1) is 0 Å². The second kappa shape index (κ2) is 4.55. The molecule has 0 aromatic carbocycles. The molecule has 0 aromatic rings. The van der Waals surface area contributed by atoms with Gasteiger partial charge in [-0.3, -0.25) is 0 Å². The molecule has 1 atom stereocenters. The van der Waals surface area contributed by atoms with Gasteiger partial charge in [0.2, 0.25) is 8.32 Å². The molecule has 0 bridgehead atoms. The van der Waals surface area contributed by atoms with Gasteiger partial charge in [-0.05, 0) is 56.0 Å². The van der Waals surface area contributed by atoms with Gasteiger partial charge < -0.3 is 4.43 Å². The van der Waals surface area contributed by atoms with Crippen molar-refractivity contribution in [2.75, 3.05) is 0 Å². The molecule has 2 rings (SSSR count). The van der Waals surface area contributed by atoms with E-state index in [4.69, 9.17) is 4.43 Å². The molecule has 2 aliphatic rings. The van der Waals surface area contributed by atoms with E-state index in [1.54, 1.807) is 5.57 Å². The van der Waals surface area contributed by atoms with Crippen molar-refractivity contribution in [3.8, 4) is 0 Å². The Labute approximate surface area is 113 Å². The van der Waals surface area contributed by atoms with Crippen LogP contribution >= 0.6 is 0 Å². The zero-order valence-electron chi connectivity index (χ0n) is 12.9. The number of allylic oxidation sites excluding steroid dienone is 3. The first-order valence-electron chi connectivity index (χ1n) is 7.33. The highest BCUT2D eigenvalue weighted by molar-refractivity contribution is 6.74. The van der Waals surface area contributed by atoms with E-state index in [-0.39, 0.29) is 5.04 Å². The molecule has 1 nitrogen and oxygen atoms in total. The molecule has 0 N–H and O–H groups in total. The van der Waals surface area contributed by atoms with Crippen molar-refractivity contribution in [3.63, 3.8) is 0 Å². The summed E-state index contributed by atoms with van der Waals surface area (Å²) in [5.41, 5.74) is 3.11. The molecule has 0 spiro atoms. The topological polar surface area (TPSA) is 9.23 Å². The fraction of sp³-hybridized carbons (Fsp3) is 0.750. The van der Waals surface area contributed by atoms with Crippen LogP contribution in [0.3, 0.4) is 0 Å². The maximum absolute atomic E-state index is 6.51. The Hall–Kier alpha value is -0.503. The van der Waals surface area contributed by atoms with Crippen LogP contribution in [0.4, 0.5) is 0 Å². The summed E-state index contributed by atoms with van der Waals surface area (Å²) in [6.45, 7) is 13.9. The normalized spacial score (nSPS) is 25.0. The molecular formula is C16H28OSi. The molecule has 1 saturated carbocycles. The van der Waals surface area contributed by atoms with Crippen molar-refractivity contribution in [1.29, 1.82) is 0 Å². The molecule has 2 aliphatic carbocycles. The third-order valence-electron chi connectivity index (χ3n) is 5.03. The van der Waals surface area contributed by atoms with Crippen molar-refractivity contribution in [1.82, 2.24) is 0 Å². The van der Waals surface area contributed by atoms with Gasteiger partial charge in [0, 0.05) is 5.92 Å². The largest absolute Gasteiger partial charge is 0.544 e. The van der Waals surface area contributed by atoms with Crippen LogP contribution < -0.4 is 0 Å². The average molecular weight is 264 g/mol. The van der Waals surface area contributed by atoms with E-state index in [1.807, 2.05) is 0 Å². The molecule has 0 aliphatic heterocycles. The van der Waals surface area contributed by atoms with Crippen LogP contribution in [-0.2, 0) is 4.43 Å². The van der Waals surface area contributed by atoms with E-state index in [1.165, 1.54) is 37.0 Å². The van der Waals surface area contributed by atoms with Gasteiger partial charge in [0.1, 0.15) is 5.76 Å². The lowest BCUT2D eigenvalue weighted by Crippen LogP contribution is -2.40. The van der Waals surface area contributed by atoms with E-state index in [2.05, 4.69) is 46.9 Å². The van der Waals surface area contributed by atoms with Crippen LogP contribution in [0.25, 0.3) is 0 Å². The third-order valence-corrected chi connectivity index (χ3v) is 9.38. The Morgan fingerprint density at radius 3 is 2.44 bits per heavy atom. The Kier molecular flexibility index (Phi) is 3.52. The summed E-state index contributed by atoms with van der Waals surface area (Å²) in [4.78, 5) is 0. The van der Waals surface area contributed by atoms with Crippen LogP contribution in [0.2, 0.25) is 18.1 Å². The van der Waals surface area contributed by atoms with Gasteiger partial charge in [-0.15, -0.1) is 0 Å². The molecular weight excluding hydrogens is 236 g/mol. The minimum atomic E-state index is -1.68. The summed E-state index contributed by atoms with van der Waals surface area (Å²) in [5, 5.41) is 0.284. The minimum absolute atomic E-state index is 0.284. The van der Waals surface area contributed by atoms with Gasteiger partial charge in [0.15, 0.2) is 0 Å². The van der Waals surface area contributed by atoms with Crippen molar-refractivity contribution in [2.24, 2.45) is 5.92 Å². The van der Waals surface area contributed by atoms with Gasteiger partial charge in [-0.2, -0.15) is 0 Å². The van der Waals surface area contributed by atoms with Crippen molar-refractivity contribution < 1.29 is 4.43 Å². The molecule has 1 unspecified atom stereocenters. The van der Waals surface area contributed by atoms with E-state index >= 15 is 0 Å². The fourth-order valence-corrected chi connectivity index (χ4v) is 3.77. The van der Waals surface area contributed by atoms with Gasteiger partial charge in [-0.1, -0.05) is 32.8 Å². The number of hydrogen-bond acceptors (Lipinski definition) is 1. The quantitative estimate of drug-likeness (QED) is 0.606. The first-order valence-corrected chi connectivity index (χ1v) is 10.2. The second-order valence-corrected chi connectivity index (χ2v) is 12.1. The standard InChI is InChI=1S/C16H28OSi/c1-12-14-10-8-7-9-13(14)11-15(12)17-18(5,6)16(2,3)4/h11,13H,7-10H2,1-6H3. The summed E-state index contributed by atoms with van der Waals surface area (Å²) in [6, 6.07) is 0. The van der Waals surface area contributed by atoms with E-state index in [0.717, 1.165) is 0 Å². The smallest absolute Gasteiger partial charge is 0.250 e. The summed E-state index contributed by atoms with van der Waals surface area (Å²) in [6.07, 6.45) is 7.77. The first kappa shape index (κ1) is 13.9. The SMILES string of the molecule is CC1=C2CCCCC2C=C1O[Si](C)(C)C(C)(C)C. The van der Waals surface area contributed by atoms with Gasteiger partial charge >= 0.3 is 0 Å². The Balaban J connectivity index is 2.19. The molecule has 18 heavy (non-hydrogen) atoms. The molecule has 0 saturated heterocycles. The zero-order valence-corrected chi connectivity index (χ0v) is 13.9. The number of rotatable bonds is 2. The molecule has 2 heteroatoms. The van der Waals surface area contributed by atoms with E-state index in [0.29, 0.717) is 5.92 Å². The fourth-order valence-electron chi connectivity index (χ4n) is 2.69.